The maximum absolute atomic E-state index is 4.69. The molecular formula is C20H18N4. The van der Waals surface area contributed by atoms with Gasteiger partial charge in [-0.1, -0.05) is 24.3 Å². The van der Waals surface area contributed by atoms with Crippen molar-refractivity contribution < 1.29 is 0 Å². The van der Waals surface area contributed by atoms with Gasteiger partial charge >= 0.3 is 0 Å². The third-order valence-electron chi connectivity index (χ3n) is 5.03. The van der Waals surface area contributed by atoms with Crippen molar-refractivity contribution >= 4 is 11.0 Å². The van der Waals surface area contributed by atoms with E-state index in [9.17, 15) is 0 Å². The SMILES string of the molecule is c1ccc2c(c1)CCCC2n1cc(-c2ccnc3[nH]ccc23)cn1. The number of H-pyrrole nitrogens is 1. The Bertz CT molecular complexity index is 1010. The van der Waals surface area contributed by atoms with E-state index in [1.54, 1.807) is 0 Å². The summed E-state index contributed by atoms with van der Waals surface area (Å²) in [6.45, 7) is 0. The number of hydrogen-bond acceptors (Lipinski definition) is 2. The number of nitrogens with zero attached hydrogens (tertiary/aromatic N) is 3. The average molecular weight is 314 g/mol. The number of hydrogen-bond donors (Lipinski definition) is 1. The van der Waals surface area contributed by atoms with E-state index < -0.39 is 0 Å². The molecule has 1 atom stereocenters. The van der Waals surface area contributed by atoms with Crippen LogP contribution in [0.1, 0.15) is 30.0 Å². The Labute approximate surface area is 140 Å². The summed E-state index contributed by atoms with van der Waals surface area (Å²) >= 11 is 0. The molecule has 3 aromatic heterocycles. The fourth-order valence-electron chi connectivity index (χ4n) is 3.86. The first-order chi connectivity index (χ1) is 11.9. The fraction of sp³-hybridized carbons (Fsp3) is 0.200. The number of benzene rings is 1. The van der Waals surface area contributed by atoms with Gasteiger partial charge in [-0.15, -0.1) is 0 Å². The normalized spacial score (nSPS) is 17.1. The van der Waals surface area contributed by atoms with Gasteiger partial charge in [-0.2, -0.15) is 5.10 Å². The summed E-state index contributed by atoms with van der Waals surface area (Å²) in [5.41, 5.74) is 6.12. The highest BCUT2D eigenvalue weighted by Gasteiger charge is 2.22. The van der Waals surface area contributed by atoms with E-state index in [-0.39, 0.29) is 0 Å². The summed E-state index contributed by atoms with van der Waals surface area (Å²) in [7, 11) is 0. The Morgan fingerprint density at radius 2 is 2.08 bits per heavy atom. The molecule has 1 N–H and O–H groups in total. The molecule has 1 aliphatic carbocycles. The van der Waals surface area contributed by atoms with Gasteiger partial charge in [0.2, 0.25) is 0 Å². The Kier molecular flexibility index (Phi) is 3.01. The number of pyridine rings is 1. The largest absolute Gasteiger partial charge is 0.346 e. The van der Waals surface area contributed by atoms with E-state index in [4.69, 9.17) is 5.10 Å². The molecule has 0 saturated heterocycles. The highest BCUT2D eigenvalue weighted by molar-refractivity contribution is 5.92. The maximum atomic E-state index is 4.69. The van der Waals surface area contributed by atoms with Crippen molar-refractivity contribution in [1.29, 1.82) is 0 Å². The maximum Gasteiger partial charge on any atom is 0.137 e. The molecule has 5 rings (SSSR count). The zero-order valence-electron chi connectivity index (χ0n) is 13.3. The minimum Gasteiger partial charge on any atom is -0.346 e. The first kappa shape index (κ1) is 13.5. The van der Waals surface area contributed by atoms with Crippen molar-refractivity contribution in [2.45, 2.75) is 25.3 Å². The van der Waals surface area contributed by atoms with Gasteiger partial charge in [-0.25, -0.2) is 4.98 Å². The summed E-state index contributed by atoms with van der Waals surface area (Å²) < 4.78 is 2.13. The van der Waals surface area contributed by atoms with Crippen molar-refractivity contribution in [3.05, 3.63) is 72.3 Å². The number of aromatic amines is 1. The molecule has 0 spiro atoms. The molecule has 0 amide bonds. The lowest BCUT2D eigenvalue weighted by Crippen LogP contribution is -2.17. The molecule has 3 heterocycles. The molecule has 24 heavy (non-hydrogen) atoms. The molecule has 118 valence electrons. The molecule has 0 saturated carbocycles. The average Bonchev–Trinajstić information content (AvgIpc) is 3.30. The second-order valence-corrected chi connectivity index (χ2v) is 6.41. The number of fused-ring (bicyclic) bond motifs is 2. The van der Waals surface area contributed by atoms with Crippen molar-refractivity contribution in [2.75, 3.05) is 0 Å². The topological polar surface area (TPSA) is 46.5 Å². The van der Waals surface area contributed by atoms with E-state index >= 15 is 0 Å². The van der Waals surface area contributed by atoms with E-state index in [1.807, 2.05) is 18.6 Å². The number of nitrogens with one attached hydrogen (secondary N) is 1. The summed E-state index contributed by atoms with van der Waals surface area (Å²) in [6, 6.07) is 13.2. The van der Waals surface area contributed by atoms with Crippen LogP contribution in [0.4, 0.5) is 0 Å². The van der Waals surface area contributed by atoms with E-state index in [0.29, 0.717) is 6.04 Å². The standard InChI is InChI=1S/C20H18N4/c1-2-6-17-14(4-1)5-3-7-19(17)24-13-15(12-23-24)16-8-10-21-20-18(16)9-11-22-20/h1-2,4,6,8-13,19H,3,5,7H2,(H,21,22). The third-order valence-corrected chi connectivity index (χ3v) is 5.03. The highest BCUT2D eigenvalue weighted by atomic mass is 15.3. The molecule has 4 nitrogen and oxygen atoms in total. The predicted molar refractivity (Wildman–Crippen MR) is 94.8 cm³/mol. The van der Waals surface area contributed by atoms with Crippen LogP contribution >= 0.6 is 0 Å². The first-order valence-electron chi connectivity index (χ1n) is 8.44. The van der Waals surface area contributed by atoms with Crippen LogP contribution in [0.2, 0.25) is 0 Å². The molecule has 1 aliphatic rings. The van der Waals surface area contributed by atoms with Gasteiger partial charge in [0, 0.05) is 29.5 Å². The third kappa shape index (κ3) is 2.07. The van der Waals surface area contributed by atoms with E-state index in [1.165, 1.54) is 29.5 Å². The van der Waals surface area contributed by atoms with Crippen LogP contribution in [0.3, 0.4) is 0 Å². The Morgan fingerprint density at radius 3 is 3.08 bits per heavy atom. The highest BCUT2D eigenvalue weighted by Crippen LogP contribution is 2.34. The Morgan fingerprint density at radius 1 is 1.12 bits per heavy atom. The molecule has 4 heteroatoms. The summed E-state index contributed by atoms with van der Waals surface area (Å²) in [5.74, 6) is 0. The second kappa shape index (κ2) is 5.34. The van der Waals surface area contributed by atoms with Gasteiger partial charge in [-0.05, 0) is 48.1 Å². The van der Waals surface area contributed by atoms with Crippen LogP contribution in [0.15, 0.2) is 61.2 Å². The summed E-state index contributed by atoms with van der Waals surface area (Å²) in [5, 5.41) is 5.83. The van der Waals surface area contributed by atoms with Gasteiger partial charge in [0.05, 0.1) is 12.2 Å². The van der Waals surface area contributed by atoms with E-state index in [0.717, 1.165) is 23.0 Å². The fourth-order valence-corrected chi connectivity index (χ4v) is 3.86. The first-order valence-corrected chi connectivity index (χ1v) is 8.44. The quantitative estimate of drug-likeness (QED) is 0.598. The molecule has 1 unspecified atom stereocenters. The molecule has 4 aromatic rings. The monoisotopic (exact) mass is 314 g/mol. The summed E-state index contributed by atoms with van der Waals surface area (Å²) in [6.07, 6.45) is 11.5. The van der Waals surface area contributed by atoms with E-state index in [2.05, 4.69) is 57.2 Å². The van der Waals surface area contributed by atoms with Crippen LogP contribution in [0.5, 0.6) is 0 Å². The van der Waals surface area contributed by atoms with Gasteiger partial charge in [-0.3, -0.25) is 4.68 Å². The van der Waals surface area contributed by atoms with Crippen molar-refractivity contribution in [2.24, 2.45) is 0 Å². The molecule has 0 aliphatic heterocycles. The van der Waals surface area contributed by atoms with Crippen LogP contribution in [0.25, 0.3) is 22.2 Å². The molecule has 0 radical (unpaired) electrons. The molecular weight excluding hydrogens is 296 g/mol. The van der Waals surface area contributed by atoms with Crippen LogP contribution in [-0.2, 0) is 6.42 Å². The zero-order chi connectivity index (χ0) is 15.9. The van der Waals surface area contributed by atoms with Crippen molar-refractivity contribution in [3.8, 4) is 11.1 Å². The minimum absolute atomic E-state index is 0.340. The second-order valence-electron chi connectivity index (χ2n) is 6.41. The summed E-state index contributed by atoms with van der Waals surface area (Å²) in [4.78, 5) is 7.55. The molecule has 0 fully saturated rings. The molecule has 1 aromatic carbocycles. The van der Waals surface area contributed by atoms with Crippen LogP contribution < -0.4 is 0 Å². The number of aryl methyl sites for hydroxylation is 1. The predicted octanol–water partition coefficient (Wildman–Crippen LogP) is 4.35. The van der Waals surface area contributed by atoms with Crippen molar-refractivity contribution in [3.63, 3.8) is 0 Å². The van der Waals surface area contributed by atoms with Crippen LogP contribution in [-0.4, -0.2) is 19.7 Å². The van der Waals surface area contributed by atoms with Gasteiger partial charge in [0.25, 0.3) is 0 Å². The van der Waals surface area contributed by atoms with Crippen molar-refractivity contribution in [1.82, 2.24) is 19.7 Å². The number of aromatic nitrogens is 4. The Hall–Kier alpha value is -2.88. The Balaban J connectivity index is 1.58. The smallest absolute Gasteiger partial charge is 0.137 e. The zero-order valence-corrected chi connectivity index (χ0v) is 13.3. The number of rotatable bonds is 2. The van der Waals surface area contributed by atoms with Gasteiger partial charge in [0.15, 0.2) is 0 Å². The van der Waals surface area contributed by atoms with Gasteiger partial charge in [0.1, 0.15) is 5.65 Å². The minimum atomic E-state index is 0.340. The van der Waals surface area contributed by atoms with Gasteiger partial charge < -0.3 is 4.98 Å². The molecule has 0 bridgehead atoms. The lowest BCUT2D eigenvalue weighted by atomic mass is 9.88. The lowest BCUT2D eigenvalue weighted by molar-refractivity contribution is 0.451. The van der Waals surface area contributed by atoms with Crippen LogP contribution in [0, 0.1) is 0 Å². The lowest BCUT2D eigenvalue weighted by Gasteiger charge is -2.25.